The molecule has 0 spiro atoms. The summed E-state index contributed by atoms with van der Waals surface area (Å²) in [7, 11) is -3.52. The van der Waals surface area contributed by atoms with Crippen LogP contribution in [0.15, 0.2) is 29.2 Å². The van der Waals surface area contributed by atoms with Crippen molar-refractivity contribution >= 4 is 10.0 Å². The highest BCUT2D eigenvalue weighted by Crippen LogP contribution is 2.20. The summed E-state index contributed by atoms with van der Waals surface area (Å²) in [6.07, 6.45) is 1.13. The summed E-state index contributed by atoms with van der Waals surface area (Å²) in [5.41, 5.74) is 1.01. The number of hydrogen-bond acceptors (Lipinski definition) is 4. The largest absolute Gasteiger partial charge is 0.379 e. The molecule has 0 bridgehead atoms. The molecule has 0 saturated carbocycles. The quantitative estimate of drug-likeness (QED) is 0.867. The van der Waals surface area contributed by atoms with Gasteiger partial charge >= 0.3 is 0 Å². The Hall–Kier alpha value is -0.950. The molecule has 1 aliphatic heterocycles. The van der Waals surface area contributed by atoms with Crippen LogP contribution in [0.5, 0.6) is 0 Å². The number of likely N-dealkylation sites (tertiary alicyclic amines) is 1. The standard InChI is InChI=1S/C16H26N2O3S/c1-12(2)14-6-4-8-16(10-14)22(20,21)17-15-7-5-9-18(11-15)13(3)19/h4,6,8,10,12-13,15,17,19H,5,7,9,11H2,1-3H3. The highest BCUT2D eigenvalue weighted by molar-refractivity contribution is 7.89. The molecule has 2 atom stereocenters. The number of piperidine rings is 1. The number of aliphatic hydroxyl groups is 1. The van der Waals surface area contributed by atoms with E-state index in [-0.39, 0.29) is 12.0 Å². The van der Waals surface area contributed by atoms with E-state index < -0.39 is 16.3 Å². The number of aliphatic hydroxyl groups excluding tert-OH is 1. The zero-order valence-electron chi connectivity index (χ0n) is 13.5. The van der Waals surface area contributed by atoms with Crippen LogP contribution in [0.3, 0.4) is 0 Å². The van der Waals surface area contributed by atoms with Crippen molar-refractivity contribution in [2.24, 2.45) is 0 Å². The molecular weight excluding hydrogens is 300 g/mol. The Kier molecular flexibility index (Phi) is 5.60. The molecule has 2 unspecified atom stereocenters. The Morgan fingerprint density at radius 3 is 2.68 bits per heavy atom. The topological polar surface area (TPSA) is 69.6 Å². The lowest BCUT2D eigenvalue weighted by atomic mass is 10.0. The van der Waals surface area contributed by atoms with Gasteiger partial charge in [0.1, 0.15) is 6.23 Å². The third-order valence-electron chi connectivity index (χ3n) is 4.14. The minimum atomic E-state index is -3.52. The van der Waals surface area contributed by atoms with Crippen LogP contribution in [0, 0.1) is 0 Å². The average Bonchev–Trinajstić information content (AvgIpc) is 2.47. The van der Waals surface area contributed by atoms with Crippen LogP contribution < -0.4 is 4.72 Å². The summed E-state index contributed by atoms with van der Waals surface area (Å²) in [6, 6.07) is 6.94. The van der Waals surface area contributed by atoms with Gasteiger partial charge in [-0.1, -0.05) is 26.0 Å². The van der Waals surface area contributed by atoms with Crippen LogP contribution in [0.1, 0.15) is 45.1 Å². The molecule has 5 nitrogen and oxygen atoms in total. The van der Waals surface area contributed by atoms with E-state index in [0.717, 1.165) is 24.9 Å². The zero-order valence-corrected chi connectivity index (χ0v) is 14.3. The first-order chi connectivity index (χ1) is 10.3. The maximum atomic E-state index is 12.6. The number of benzene rings is 1. The fraction of sp³-hybridized carbons (Fsp3) is 0.625. The molecule has 1 fully saturated rings. The van der Waals surface area contributed by atoms with E-state index in [1.807, 2.05) is 24.8 Å². The summed E-state index contributed by atoms with van der Waals surface area (Å²) in [5.74, 6) is 0.288. The molecule has 1 aromatic rings. The molecule has 6 heteroatoms. The molecule has 0 amide bonds. The number of nitrogens with zero attached hydrogens (tertiary/aromatic N) is 1. The van der Waals surface area contributed by atoms with Gasteiger partial charge in [-0.3, -0.25) is 4.90 Å². The van der Waals surface area contributed by atoms with Gasteiger partial charge in [0.2, 0.25) is 10.0 Å². The molecule has 124 valence electrons. The van der Waals surface area contributed by atoms with Crippen molar-refractivity contribution in [2.75, 3.05) is 13.1 Å². The van der Waals surface area contributed by atoms with Crippen LogP contribution in [0.2, 0.25) is 0 Å². The van der Waals surface area contributed by atoms with Crippen molar-refractivity contribution in [3.05, 3.63) is 29.8 Å². The highest BCUT2D eigenvalue weighted by Gasteiger charge is 2.26. The second-order valence-electron chi connectivity index (χ2n) is 6.31. The summed E-state index contributed by atoms with van der Waals surface area (Å²) < 4.78 is 27.9. The van der Waals surface area contributed by atoms with Gasteiger partial charge in [0.05, 0.1) is 4.90 Å². The zero-order chi connectivity index (χ0) is 16.3. The maximum absolute atomic E-state index is 12.6. The van der Waals surface area contributed by atoms with Gasteiger partial charge in [-0.2, -0.15) is 0 Å². The average molecular weight is 326 g/mol. The van der Waals surface area contributed by atoms with Gasteiger partial charge in [-0.05, 0) is 43.4 Å². The first kappa shape index (κ1) is 17.4. The van der Waals surface area contributed by atoms with Crippen molar-refractivity contribution in [3.63, 3.8) is 0 Å². The van der Waals surface area contributed by atoms with Gasteiger partial charge < -0.3 is 5.11 Å². The lowest BCUT2D eigenvalue weighted by molar-refractivity contribution is 0.000236. The Bertz CT molecular complexity index is 599. The van der Waals surface area contributed by atoms with Crippen molar-refractivity contribution in [1.82, 2.24) is 9.62 Å². The van der Waals surface area contributed by atoms with Gasteiger partial charge in [0.15, 0.2) is 0 Å². The van der Waals surface area contributed by atoms with E-state index in [9.17, 15) is 13.5 Å². The van der Waals surface area contributed by atoms with Crippen molar-refractivity contribution in [3.8, 4) is 0 Å². The molecule has 0 aliphatic carbocycles. The van der Waals surface area contributed by atoms with E-state index in [1.165, 1.54) is 0 Å². The van der Waals surface area contributed by atoms with Crippen molar-refractivity contribution in [2.45, 2.75) is 56.7 Å². The van der Waals surface area contributed by atoms with E-state index in [0.29, 0.717) is 11.4 Å². The third kappa shape index (κ3) is 4.29. The molecule has 1 aliphatic rings. The van der Waals surface area contributed by atoms with Gasteiger partial charge in [0, 0.05) is 19.1 Å². The second kappa shape index (κ2) is 7.08. The highest BCUT2D eigenvalue weighted by atomic mass is 32.2. The van der Waals surface area contributed by atoms with Crippen LogP contribution in [0.4, 0.5) is 0 Å². The van der Waals surface area contributed by atoms with Gasteiger partial charge in [-0.15, -0.1) is 0 Å². The van der Waals surface area contributed by atoms with Crippen LogP contribution in [-0.4, -0.2) is 43.8 Å². The van der Waals surface area contributed by atoms with E-state index in [1.54, 1.807) is 25.1 Å². The molecule has 1 heterocycles. The number of nitrogens with one attached hydrogen (secondary N) is 1. The monoisotopic (exact) mass is 326 g/mol. The SMILES string of the molecule is CC(C)c1cccc(S(=O)(=O)NC2CCCN(C(C)O)C2)c1. The summed E-state index contributed by atoms with van der Waals surface area (Å²) >= 11 is 0. The minimum Gasteiger partial charge on any atom is -0.379 e. The Morgan fingerprint density at radius 1 is 1.32 bits per heavy atom. The third-order valence-corrected chi connectivity index (χ3v) is 5.66. The van der Waals surface area contributed by atoms with Gasteiger partial charge in [-0.25, -0.2) is 13.1 Å². The Balaban J connectivity index is 2.12. The molecule has 0 radical (unpaired) electrons. The van der Waals surface area contributed by atoms with E-state index in [2.05, 4.69) is 4.72 Å². The van der Waals surface area contributed by atoms with Crippen LogP contribution >= 0.6 is 0 Å². The summed E-state index contributed by atoms with van der Waals surface area (Å²) in [6.45, 7) is 7.14. The summed E-state index contributed by atoms with van der Waals surface area (Å²) in [4.78, 5) is 2.20. The lowest BCUT2D eigenvalue weighted by Gasteiger charge is -2.34. The predicted molar refractivity (Wildman–Crippen MR) is 87.1 cm³/mol. The number of hydrogen-bond donors (Lipinski definition) is 2. The fourth-order valence-corrected chi connectivity index (χ4v) is 4.09. The van der Waals surface area contributed by atoms with Crippen LogP contribution in [0.25, 0.3) is 0 Å². The maximum Gasteiger partial charge on any atom is 0.240 e. The Labute approximate surface area is 133 Å². The minimum absolute atomic E-state index is 0.156. The number of sulfonamides is 1. The molecule has 1 aromatic carbocycles. The predicted octanol–water partition coefficient (Wildman–Crippen LogP) is 1.89. The molecule has 2 N–H and O–H groups in total. The van der Waals surface area contributed by atoms with Crippen molar-refractivity contribution < 1.29 is 13.5 Å². The van der Waals surface area contributed by atoms with Gasteiger partial charge in [0.25, 0.3) is 0 Å². The van der Waals surface area contributed by atoms with Crippen molar-refractivity contribution in [1.29, 1.82) is 0 Å². The second-order valence-corrected chi connectivity index (χ2v) is 8.03. The Morgan fingerprint density at radius 2 is 2.05 bits per heavy atom. The van der Waals surface area contributed by atoms with E-state index in [4.69, 9.17) is 0 Å². The molecular formula is C16H26N2O3S. The first-order valence-corrected chi connectivity index (χ1v) is 9.32. The van der Waals surface area contributed by atoms with Crippen LogP contribution in [-0.2, 0) is 10.0 Å². The molecule has 0 aromatic heterocycles. The normalized spacial score (nSPS) is 22.0. The lowest BCUT2D eigenvalue weighted by Crippen LogP contribution is -2.50. The smallest absolute Gasteiger partial charge is 0.240 e. The summed E-state index contributed by atoms with van der Waals surface area (Å²) in [5, 5.41) is 9.66. The van der Waals surface area contributed by atoms with E-state index >= 15 is 0 Å². The molecule has 2 rings (SSSR count). The first-order valence-electron chi connectivity index (χ1n) is 7.84. The molecule has 22 heavy (non-hydrogen) atoms. The fourth-order valence-electron chi connectivity index (χ4n) is 2.77. The molecule has 1 saturated heterocycles. The number of rotatable bonds is 5.